The third-order valence-electron chi connectivity index (χ3n) is 2.80. The van der Waals surface area contributed by atoms with Crippen LogP contribution in [0, 0.1) is 0 Å². The molecule has 1 heterocycles. The van der Waals surface area contributed by atoms with Crippen LogP contribution in [0.5, 0.6) is 0 Å². The van der Waals surface area contributed by atoms with Crippen molar-refractivity contribution in [1.82, 2.24) is 9.03 Å². The Morgan fingerprint density at radius 2 is 1.94 bits per heavy atom. The maximum absolute atomic E-state index is 11.9. The third kappa shape index (κ3) is 4.37. The molecule has 0 saturated carbocycles. The summed E-state index contributed by atoms with van der Waals surface area (Å²) in [6, 6.07) is -0.112. The minimum absolute atomic E-state index is 0.107. The zero-order chi connectivity index (χ0) is 12.0. The van der Waals surface area contributed by atoms with Crippen molar-refractivity contribution in [3.8, 4) is 0 Å². The minimum Gasteiger partial charge on any atom is -0.396 e. The van der Waals surface area contributed by atoms with E-state index >= 15 is 0 Å². The van der Waals surface area contributed by atoms with E-state index in [4.69, 9.17) is 5.11 Å². The molecule has 6 heteroatoms. The maximum Gasteiger partial charge on any atom is 0.279 e. The van der Waals surface area contributed by atoms with E-state index in [1.54, 1.807) is 0 Å². The van der Waals surface area contributed by atoms with Crippen LogP contribution in [0.15, 0.2) is 0 Å². The maximum atomic E-state index is 11.9. The van der Waals surface area contributed by atoms with Gasteiger partial charge in [0.1, 0.15) is 0 Å². The zero-order valence-electron chi connectivity index (χ0n) is 9.85. The third-order valence-corrected chi connectivity index (χ3v) is 4.55. The summed E-state index contributed by atoms with van der Waals surface area (Å²) < 4.78 is 28.0. The van der Waals surface area contributed by atoms with E-state index in [2.05, 4.69) is 4.72 Å². The van der Waals surface area contributed by atoms with Gasteiger partial charge in [0.2, 0.25) is 0 Å². The van der Waals surface area contributed by atoms with Crippen molar-refractivity contribution in [1.29, 1.82) is 0 Å². The molecule has 0 amide bonds. The molecule has 1 aliphatic heterocycles. The molecule has 0 aromatic rings. The summed E-state index contributed by atoms with van der Waals surface area (Å²) in [4.78, 5) is 0. The van der Waals surface area contributed by atoms with Gasteiger partial charge in [0.15, 0.2) is 0 Å². The molecule has 5 nitrogen and oxygen atoms in total. The van der Waals surface area contributed by atoms with E-state index in [0.29, 0.717) is 25.9 Å². The molecule has 96 valence electrons. The van der Waals surface area contributed by atoms with Gasteiger partial charge in [-0.05, 0) is 32.6 Å². The first-order valence-corrected chi connectivity index (χ1v) is 7.38. The van der Waals surface area contributed by atoms with Crippen LogP contribution in [0.2, 0.25) is 0 Å². The number of hydrogen-bond acceptors (Lipinski definition) is 3. The van der Waals surface area contributed by atoms with Gasteiger partial charge in [-0.1, -0.05) is 6.42 Å². The Hall–Kier alpha value is -0.170. The quantitative estimate of drug-likeness (QED) is 0.720. The molecule has 0 aromatic heterocycles. The van der Waals surface area contributed by atoms with E-state index in [9.17, 15) is 8.42 Å². The minimum atomic E-state index is -3.31. The lowest BCUT2D eigenvalue weighted by molar-refractivity contribution is 0.278. The van der Waals surface area contributed by atoms with Crippen molar-refractivity contribution in [3.63, 3.8) is 0 Å². The van der Waals surface area contributed by atoms with Gasteiger partial charge in [0.05, 0.1) is 0 Å². The van der Waals surface area contributed by atoms with Crippen LogP contribution in [-0.2, 0) is 10.2 Å². The van der Waals surface area contributed by atoms with Gasteiger partial charge in [0, 0.05) is 25.7 Å². The summed E-state index contributed by atoms with van der Waals surface area (Å²) >= 11 is 0. The van der Waals surface area contributed by atoms with Crippen molar-refractivity contribution < 1.29 is 13.5 Å². The van der Waals surface area contributed by atoms with E-state index < -0.39 is 10.2 Å². The number of aliphatic hydroxyl groups excluding tert-OH is 1. The lowest BCUT2D eigenvalue weighted by atomic mass is 10.2. The molecule has 1 atom stereocenters. The molecule has 0 aromatic carbocycles. The van der Waals surface area contributed by atoms with E-state index in [-0.39, 0.29) is 12.6 Å². The Labute approximate surface area is 98.0 Å². The SMILES string of the molecule is C[C@H](CCCO)NS(=O)(=O)N1CCCCC1. The Morgan fingerprint density at radius 1 is 1.31 bits per heavy atom. The second-order valence-corrected chi connectivity index (χ2v) is 6.05. The monoisotopic (exact) mass is 250 g/mol. The van der Waals surface area contributed by atoms with Gasteiger partial charge in [-0.2, -0.15) is 17.4 Å². The average molecular weight is 250 g/mol. The molecular formula is C10H22N2O3S. The molecule has 1 fully saturated rings. The fraction of sp³-hybridized carbons (Fsp3) is 1.00. The Morgan fingerprint density at radius 3 is 2.50 bits per heavy atom. The van der Waals surface area contributed by atoms with Gasteiger partial charge >= 0.3 is 0 Å². The first-order valence-electron chi connectivity index (χ1n) is 5.94. The largest absolute Gasteiger partial charge is 0.396 e. The highest BCUT2D eigenvalue weighted by Crippen LogP contribution is 2.12. The summed E-state index contributed by atoms with van der Waals surface area (Å²) in [5, 5.41) is 8.67. The number of rotatable bonds is 6. The van der Waals surface area contributed by atoms with Crippen LogP contribution in [-0.4, -0.2) is 43.6 Å². The van der Waals surface area contributed by atoms with Gasteiger partial charge in [-0.3, -0.25) is 0 Å². The van der Waals surface area contributed by atoms with E-state index in [1.807, 2.05) is 6.92 Å². The number of hydrogen-bond donors (Lipinski definition) is 2. The number of piperidine rings is 1. The van der Waals surface area contributed by atoms with Crippen LogP contribution in [0.1, 0.15) is 39.0 Å². The van der Waals surface area contributed by atoms with Crippen LogP contribution in [0.3, 0.4) is 0 Å². The number of nitrogens with one attached hydrogen (secondary N) is 1. The van der Waals surface area contributed by atoms with Crippen molar-refractivity contribution in [2.75, 3.05) is 19.7 Å². The molecule has 1 saturated heterocycles. The molecule has 1 aliphatic rings. The van der Waals surface area contributed by atoms with Crippen LogP contribution in [0.25, 0.3) is 0 Å². The standard InChI is InChI=1S/C10H22N2O3S/c1-10(6-5-9-13)11-16(14,15)12-7-3-2-4-8-12/h10-11,13H,2-9H2,1H3/t10-/m1/s1. The predicted molar refractivity (Wildman–Crippen MR) is 63.3 cm³/mol. The first-order chi connectivity index (χ1) is 7.56. The summed E-state index contributed by atoms with van der Waals surface area (Å²) in [7, 11) is -3.31. The van der Waals surface area contributed by atoms with Gasteiger partial charge in [0.25, 0.3) is 10.2 Å². The summed E-state index contributed by atoms with van der Waals surface area (Å²) in [6.45, 7) is 3.19. The van der Waals surface area contributed by atoms with Crippen molar-refractivity contribution in [2.24, 2.45) is 0 Å². The predicted octanol–water partition coefficient (Wildman–Crippen LogP) is 0.468. The summed E-state index contributed by atoms with van der Waals surface area (Å²) in [6.07, 6.45) is 4.32. The molecule has 2 N–H and O–H groups in total. The molecule has 16 heavy (non-hydrogen) atoms. The van der Waals surface area contributed by atoms with E-state index in [0.717, 1.165) is 19.3 Å². The molecule has 0 unspecified atom stereocenters. The highest BCUT2D eigenvalue weighted by atomic mass is 32.2. The zero-order valence-corrected chi connectivity index (χ0v) is 10.7. The molecule has 0 bridgehead atoms. The molecule has 0 aliphatic carbocycles. The Balaban J connectivity index is 2.43. The van der Waals surface area contributed by atoms with Gasteiger partial charge in [-0.15, -0.1) is 0 Å². The average Bonchev–Trinajstić information content (AvgIpc) is 2.27. The Kier molecular flexibility index (Phi) is 5.68. The second kappa shape index (κ2) is 6.54. The van der Waals surface area contributed by atoms with E-state index in [1.165, 1.54) is 4.31 Å². The highest BCUT2D eigenvalue weighted by molar-refractivity contribution is 7.87. The molecular weight excluding hydrogens is 228 g/mol. The molecule has 0 spiro atoms. The van der Waals surface area contributed by atoms with Crippen molar-refractivity contribution in [2.45, 2.75) is 45.1 Å². The summed E-state index contributed by atoms with van der Waals surface area (Å²) in [5.74, 6) is 0. The van der Waals surface area contributed by atoms with Crippen LogP contribution < -0.4 is 4.72 Å². The Bertz CT molecular complexity index is 286. The lowest BCUT2D eigenvalue weighted by Crippen LogP contribution is -2.46. The number of aliphatic hydroxyl groups is 1. The fourth-order valence-corrected chi connectivity index (χ4v) is 3.40. The second-order valence-electron chi connectivity index (χ2n) is 4.35. The first kappa shape index (κ1) is 13.9. The smallest absolute Gasteiger partial charge is 0.279 e. The van der Waals surface area contributed by atoms with Crippen LogP contribution in [0.4, 0.5) is 0 Å². The van der Waals surface area contributed by atoms with Gasteiger partial charge in [-0.25, -0.2) is 0 Å². The highest BCUT2D eigenvalue weighted by Gasteiger charge is 2.24. The topological polar surface area (TPSA) is 69.6 Å². The number of nitrogens with zero attached hydrogens (tertiary/aromatic N) is 1. The van der Waals surface area contributed by atoms with Crippen LogP contribution >= 0.6 is 0 Å². The molecule has 0 radical (unpaired) electrons. The fourth-order valence-electron chi connectivity index (χ4n) is 1.89. The normalized spacial score (nSPS) is 20.9. The summed E-state index contributed by atoms with van der Waals surface area (Å²) in [5.41, 5.74) is 0. The molecule has 1 rings (SSSR count). The van der Waals surface area contributed by atoms with Crippen molar-refractivity contribution in [3.05, 3.63) is 0 Å². The van der Waals surface area contributed by atoms with Crippen molar-refractivity contribution >= 4 is 10.2 Å². The van der Waals surface area contributed by atoms with Gasteiger partial charge < -0.3 is 5.11 Å². The lowest BCUT2D eigenvalue weighted by Gasteiger charge is -2.27.